The van der Waals surface area contributed by atoms with Crippen molar-refractivity contribution >= 4 is 0 Å². The molecule has 0 saturated carbocycles. The molecule has 0 aliphatic carbocycles. The van der Waals surface area contributed by atoms with Gasteiger partial charge < -0.3 is 0 Å². The van der Waals surface area contributed by atoms with Crippen LogP contribution in [-0.2, 0) is 0 Å². The Labute approximate surface area is 117 Å². The molecule has 2 aromatic rings. The summed E-state index contributed by atoms with van der Waals surface area (Å²) < 4.78 is 0. The molecule has 0 atom stereocenters. The van der Waals surface area contributed by atoms with Crippen LogP contribution in [0.5, 0.6) is 0 Å². The zero-order valence-electron chi connectivity index (χ0n) is 12.2. The summed E-state index contributed by atoms with van der Waals surface area (Å²) in [5, 5.41) is 0. The van der Waals surface area contributed by atoms with Gasteiger partial charge in [0.05, 0.1) is 0 Å². The molecule has 0 aliphatic heterocycles. The van der Waals surface area contributed by atoms with Crippen LogP contribution in [0.1, 0.15) is 44.2 Å². The molecule has 0 heterocycles. The largest absolute Gasteiger partial charge is 0.0916 e. The van der Waals surface area contributed by atoms with Crippen molar-refractivity contribution < 1.29 is 0 Å². The van der Waals surface area contributed by atoms with Crippen LogP contribution in [-0.4, -0.2) is 0 Å². The topological polar surface area (TPSA) is 0 Å². The minimum absolute atomic E-state index is 0.466. The summed E-state index contributed by atoms with van der Waals surface area (Å²) in [4.78, 5) is 0. The van der Waals surface area contributed by atoms with Gasteiger partial charge in [-0.25, -0.2) is 0 Å². The standard InChI is InChI=1S/C17H18.C2H6/c1-2-3-14-17(15-10-6-4-7-11-15)16-12-8-5-9-13-16;1-2/h2-13,17H,14H2,1H3;1-2H3/b3-2-;. The van der Waals surface area contributed by atoms with Crippen molar-refractivity contribution in [3.63, 3.8) is 0 Å². The summed E-state index contributed by atoms with van der Waals surface area (Å²) in [5.41, 5.74) is 2.77. The van der Waals surface area contributed by atoms with E-state index in [4.69, 9.17) is 0 Å². The third-order valence-electron chi connectivity index (χ3n) is 3.01. The van der Waals surface area contributed by atoms with Gasteiger partial charge in [-0.05, 0) is 24.5 Å². The Balaban J connectivity index is 0.000000861. The average molecular weight is 252 g/mol. The van der Waals surface area contributed by atoms with E-state index in [0.29, 0.717) is 5.92 Å². The van der Waals surface area contributed by atoms with E-state index in [1.165, 1.54) is 11.1 Å². The number of benzene rings is 2. The maximum atomic E-state index is 2.24. The van der Waals surface area contributed by atoms with Gasteiger partial charge in [-0.1, -0.05) is 86.7 Å². The van der Waals surface area contributed by atoms with Crippen LogP contribution in [0.2, 0.25) is 0 Å². The van der Waals surface area contributed by atoms with E-state index in [1.54, 1.807) is 0 Å². The number of allylic oxidation sites excluding steroid dienone is 2. The van der Waals surface area contributed by atoms with Crippen LogP contribution in [0.4, 0.5) is 0 Å². The van der Waals surface area contributed by atoms with Gasteiger partial charge in [-0.3, -0.25) is 0 Å². The average Bonchev–Trinajstić information content (AvgIpc) is 2.52. The van der Waals surface area contributed by atoms with Crippen molar-refractivity contribution in [3.8, 4) is 0 Å². The molecule has 100 valence electrons. The second-order valence-corrected chi connectivity index (χ2v) is 4.18. The van der Waals surface area contributed by atoms with Gasteiger partial charge in [0.1, 0.15) is 0 Å². The molecule has 0 nitrogen and oxygen atoms in total. The number of hydrogen-bond acceptors (Lipinski definition) is 0. The Hall–Kier alpha value is -1.82. The normalized spacial score (nSPS) is 10.3. The van der Waals surface area contributed by atoms with Crippen molar-refractivity contribution in [3.05, 3.63) is 83.9 Å². The van der Waals surface area contributed by atoms with Gasteiger partial charge in [-0.15, -0.1) is 0 Å². The molecule has 0 unspecified atom stereocenters. The van der Waals surface area contributed by atoms with Gasteiger partial charge in [0, 0.05) is 5.92 Å². The van der Waals surface area contributed by atoms with E-state index in [9.17, 15) is 0 Å². The Morgan fingerprint density at radius 2 is 1.21 bits per heavy atom. The fourth-order valence-electron chi connectivity index (χ4n) is 2.11. The van der Waals surface area contributed by atoms with Crippen LogP contribution < -0.4 is 0 Å². The van der Waals surface area contributed by atoms with E-state index in [-0.39, 0.29) is 0 Å². The summed E-state index contributed by atoms with van der Waals surface area (Å²) in [6, 6.07) is 21.4. The first-order valence-electron chi connectivity index (χ1n) is 7.13. The predicted molar refractivity (Wildman–Crippen MR) is 85.5 cm³/mol. The van der Waals surface area contributed by atoms with Gasteiger partial charge in [0.25, 0.3) is 0 Å². The van der Waals surface area contributed by atoms with Crippen LogP contribution in [0.25, 0.3) is 0 Å². The molecular weight excluding hydrogens is 228 g/mol. The molecule has 0 radical (unpaired) electrons. The van der Waals surface area contributed by atoms with Crippen molar-refractivity contribution in [2.24, 2.45) is 0 Å². The molecule has 0 aromatic heterocycles. The highest BCUT2D eigenvalue weighted by molar-refractivity contribution is 5.32. The molecule has 0 heteroatoms. The molecule has 0 fully saturated rings. The monoisotopic (exact) mass is 252 g/mol. The van der Waals surface area contributed by atoms with Gasteiger partial charge in [-0.2, -0.15) is 0 Å². The van der Waals surface area contributed by atoms with Crippen LogP contribution in [0.3, 0.4) is 0 Å². The second kappa shape index (κ2) is 9.16. The first-order chi connectivity index (χ1) is 9.42. The molecule has 0 spiro atoms. The minimum Gasteiger partial charge on any atom is -0.0916 e. The minimum atomic E-state index is 0.466. The first kappa shape index (κ1) is 15.2. The van der Waals surface area contributed by atoms with Gasteiger partial charge in [0.15, 0.2) is 0 Å². The maximum absolute atomic E-state index is 2.24. The molecule has 2 rings (SSSR count). The fourth-order valence-corrected chi connectivity index (χ4v) is 2.11. The Morgan fingerprint density at radius 3 is 1.58 bits per heavy atom. The number of hydrogen-bond donors (Lipinski definition) is 0. The second-order valence-electron chi connectivity index (χ2n) is 4.18. The lowest BCUT2D eigenvalue weighted by Gasteiger charge is -2.16. The fraction of sp³-hybridized carbons (Fsp3) is 0.263. The van der Waals surface area contributed by atoms with Crippen molar-refractivity contribution in [1.82, 2.24) is 0 Å². The predicted octanol–water partition coefficient (Wildman–Crippen LogP) is 5.81. The third-order valence-corrected chi connectivity index (χ3v) is 3.01. The van der Waals surface area contributed by atoms with E-state index in [0.717, 1.165) is 6.42 Å². The van der Waals surface area contributed by atoms with E-state index >= 15 is 0 Å². The Kier molecular flexibility index (Phi) is 7.34. The molecule has 0 bridgehead atoms. The zero-order chi connectivity index (χ0) is 13.9. The molecule has 0 saturated heterocycles. The number of rotatable bonds is 4. The van der Waals surface area contributed by atoms with Crippen LogP contribution >= 0.6 is 0 Å². The highest BCUT2D eigenvalue weighted by Crippen LogP contribution is 2.27. The zero-order valence-corrected chi connectivity index (χ0v) is 12.2. The Morgan fingerprint density at radius 1 is 0.789 bits per heavy atom. The summed E-state index contributed by atoms with van der Waals surface area (Å²) >= 11 is 0. The molecule has 0 aliphatic rings. The summed E-state index contributed by atoms with van der Waals surface area (Å²) in [6.45, 7) is 6.08. The summed E-state index contributed by atoms with van der Waals surface area (Å²) in [6.07, 6.45) is 5.42. The van der Waals surface area contributed by atoms with Crippen LogP contribution in [0, 0.1) is 0 Å². The van der Waals surface area contributed by atoms with Crippen molar-refractivity contribution in [2.45, 2.75) is 33.1 Å². The highest BCUT2D eigenvalue weighted by atomic mass is 14.1. The lowest BCUT2D eigenvalue weighted by molar-refractivity contribution is 0.829. The van der Waals surface area contributed by atoms with Gasteiger partial charge in [0.2, 0.25) is 0 Å². The highest BCUT2D eigenvalue weighted by Gasteiger charge is 2.11. The lowest BCUT2D eigenvalue weighted by Crippen LogP contribution is -1.99. The molecule has 0 N–H and O–H groups in total. The SMILES string of the molecule is C/C=C\CC(c1ccccc1)c1ccccc1.CC. The van der Waals surface area contributed by atoms with E-state index < -0.39 is 0 Å². The summed E-state index contributed by atoms with van der Waals surface area (Å²) in [7, 11) is 0. The molecular formula is C19H24. The van der Waals surface area contributed by atoms with Gasteiger partial charge >= 0.3 is 0 Å². The summed E-state index contributed by atoms with van der Waals surface area (Å²) in [5.74, 6) is 0.466. The third kappa shape index (κ3) is 4.75. The Bertz CT molecular complexity index is 414. The molecule has 19 heavy (non-hydrogen) atoms. The lowest BCUT2D eigenvalue weighted by atomic mass is 9.88. The quantitative estimate of drug-likeness (QED) is 0.602. The smallest absolute Gasteiger partial charge is 0.0124 e. The van der Waals surface area contributed by atoms with Crippen LogP contribution in [0.15, 0.2) is 72.8 Å². The molecule has 0 amide bonds. The maximum Gasteiger partial charge on any atom is 0.0124 e. The first-order valence-corrected chi connectivity index (χ1v) is 7.13. The van der Waals surface area contributed by atoms with Crippen molar-refractivity contribution in [2.75, 3.05) is 0 Å². The van der Waals surface area contributed by atoms with E-state index in [2.05, 4.69) is 79.7 Å². The molecule has 2 aromatic carbocycles. The van der Waals surface area contributed by atoms with Crippen molar-refractivity contribution in [1.29, 1.82) is 0 Å². The van der Waals surface area contributed by atoms with E-state index in [1.807, 2.05) is 13.8 Å².